The summed E-state index contributed by atoms with van der Waals surface area (Å²) in [4.78, 5) is 58.6. The van der Waals surface area contributed by atoms with E-state index in [0.717, 1.165) is 0 Å². The number of carboxylic acids is 1. The van der Waals surface area contributed by atoms with Crippen LogP contribution in [0, 0.1) is 0 Å². The first-order valence-electron chi connectivity index (χ1n) is 16.9. The SMILES string of the molecule is C.C.C.CCOC(=O)c1cnc(C(=O)c2cccc(OC)c2)c2cc(OC)c(OC)cc12.COc1cccc(C(=O)c2ncc(C(=O)O)c3cc(OC)c(OC)cc23)c1.S. The van der Waals surface area contributed by atoms with Gasteiger partial charge in [0.1, 0.15) is 22.9 Å². The van der Waals surface area contributed by atoms with E-state index in [1.807, 2.05) is 0 Å². The molecule has 6 aromatic rings. The quantitative estimate of drug-likeness (QED) is 0.0860. The minimum absolute atomic E-state index is 0. The Morgan fingerprint density at radius 1 is 0.533 bits per heavy atom. The van der Waals surface area contributed by atoms with Crippen molar-refractivity contribution in [2.75, 3.05) is 49.3 Å². The topological polar surface area (TPSA) is 179 Å². The Hall–Kier alpha value is -6.87. The van der Waals surface area contributed by atoms with Crippen molar-refractivity contribution < 1.29 is 57.4 Å². The minimum Gasteiger partial charge on any atom is -0.497 e. The van der Waals surface area contributed by atoms with Crippen molar-refractivity contribution in [1.82, 2.24) is 9.97 Å². The molecule has 14 nitrogen and oxygen atoms in total. The van der Waals surface area contributed by atoms with Crippen LogP contribution in [-0.2, 0) is 4.74 Å². The molecule has 0 bridgehead atoms. The maximum atomic E-state index is 13.2. The Kier molecular flexibility index (Phi) is 19.5. The second-order valence-electron chi connectivity index (χ2n) is 11.7. The molecule has 0 radical (unpaired) electrons. The number of nitrogens with zero attached hydrogens (tertiary/aromatic N) is 2. The monoisotopic (exact) mass is 844 g/mol. The van der Waals surface area contributed by atoms with Gasteiger partial charge in [-0.2, -0.15) is 13.5 Å². The maximum Gasteiger partial charge on any atom is 0.340 e. The molecule has 60 heavy (non-hydrogen) atoms. The molecule has 0 unspecified atom stereocenters. The minimum atomic E-state index is -1.15. The molecule has 0 atom stereocenters. The first-order chi connectivity index (χ1) is 27.0. The van der Waals surface area contributed by atoms with E-state index in [9.17, 15) is 24.3 Å². The molecule has 0 amide bonds. The van der Waals surface area contributed by atoms with E-state index in [1.54, 1.807) is 73.7 Å². The lowest BCUT2D eigenvalue weighted by molar-refractivity contribution is 0.0527. The molecule has 0 spiro atoms. The number of aromatic nitrogens is 2. The number of hydrogen-bond acceptors (Lipinski definition) is 13. The summed E-state index contributed by atoms with van der Waals surface area (Å²) in [6.45, 7) is 1.94. The largest absolute Gasteiger partial charge is 0.497 e. The van der Waals surface area contributed by atoms with Crippen molar-refractivity contribution in [3.05, 3.63) is 119 Å². The van der Waals surface area contributed by atoms with E-state index >= 15 is 0 Å². The number of esters is 1. The van der Waals surface area contributed by atoms with Crippen molar-refractivity contribution in [3.8, 4) is 34.5 Å². The van der Waals surface area contributed by atoms with Gasteiger partial charge in [0.2, 0.25) is 11.6 Å². The average Bonchev–Trinajstić information content (AvgIpc) is 3.24. The number of aromatic carboxylic acids is 1. The third-order valence-corrected chi connectivity index (χ3v) is 8.60. The van der Waals surface area contributed by atoms with Crippen LogP contribution in [0.1, 0.15) is 82.0 Å². The molecule has 2 heterocycles. The number of carbonyl (C=O) groups is 4. The van der Waals surface area contributed by atoms with Crippen LogP contribution in [0.3, 0.4) is 0 Å². The molecule has 0 saturated carbocycles. The van der Waals surface area contributed by atoms with E-state index in [2.05, 4.69) is 9.97 Å². The van der Waals surface area contributed by atoms with Crippen LogP contribution in [0.2, 0.25) is 0 Å². The van der Waals surface area contributed by atoms with E-state index in [-0.39, 0.29) is 76.5 Å². The fourth-order valence-corrected chi connectivity index (χ4v) is 5.84. The predicted molar refractivity (Wildman–Crippen MR) is 236 cm³/mol. The lowest BCUT2D eigenvalue weighted by Gasteiger charge is -2.14. The standard InChI is InChI=1S/C22H21NO6.C20H17NO6.3CH4.H2S/c1-5-29-22(25)17-12-23-20(21(24)13-7-6-8-14(9-13)26-2)16-11-19(28-4)18(27-3)10-15(16)17;1-25-12-6-4-5-11(7-12)19(22)18-14-9-17(27-3)16(26-2)8-13(14)15(10-21-18)20(23)24;;;;/h6-12H,5H2,1-4H3;4-10H,1-3H3,(H,23,24);3*1H4;1H2. The molecule has 2 aromatic heterocycles. The normalized spacial score (nSPS) is 9.78. The molecule has 320 valence electrons. The highest BCUT2D eigenvalue weighted by atomic mass is 32.1. The molecular formula is C45H52N2O12S. The van der Waals surface area contributed by atoms with Crippen molar-refractivity contribution >= 4 is 58.5 Å². The van der Waals surface area contributed by atoms with Crippen LogP contribution in [-0.4, -0.2) is 87.8 Å². The van der Waals surface area contributed by atoms with Gasteiger partial charge in [0.15, 0.2) is 23.0 Å². The maximum absolute atomic E-state index is 13.2. The predicted octanol–water partition coefficient (Wildman–Crippen LogP) is 8.88. The molecule has 0 aliphatic carbocycles. The van der Waals surface area contributed by atoms with Gasteiger partial charge in [-0.15, -0.1) is 0 Å². The van der Waals surface area contributed by atoms with Crippen LogP contribution in [0.15, 0.2) is 85.2 Å². The van der Waals surface area contributed by atoms with E-state index in [4.69, 9.17) is 33.2 Å². The number of ketones is 2. The highest BCUT2D eigenvalue weighted by Crippen LogP contribution is 2.37. The first-order valence-corrected chi connectivity index (χ1v) is 16.9. The summed E-state index contributed by atoms with van der Waals surface area (Å²) in [5.41, 5.74) is 1.29. The highest BCUT2D eigenvalue weighted by molar-refractivity contribution is 7.59. The lowest BCUT2D eigenvalue weighted by atomic mass is 9.99. The van der Waals surface area contributed by atoms with Gasteiger partial charge in [0, 0.05) is 45.1 Å². The Labute approximate surface area is 356 Å². The fourth-order valence-electron chi connectivity index (χ4n) is 5.84. The van der Waals surface area contributed by atoms with Gasteiger partial charge in [-0.25, -0.2) is 9.59 Å². The number of carbonyl (C=O) groups excluding carboxylic acids is 3. The van der Waals surface area contributed by atoms with Crippen LogP contribution in [0.4, 0.5) is 0 Å². The van der Waals surface area contributed by atoms with Crippen molar-refractivity contribution in [2.24, 2.45) is 0 Å². The molecule has 4 aromatic carbocycles. The number of rotatable bonds is 13. The molecule has 1 N–H and O–H groups in total. The number of fused-ring (bicyclic) bond motifs is 2. The Morgan fingerprint density at radius 2 is 0.900 bits per heavy atom. The number of ether oxygens (including phenoxy) is 7. The van der Waals surface area contributed by atoms with E-state index in [0.29, 0.717) is 67.2 Å². The van der Waals surface area contributed by atoms with Crippen LogP contribution in [0.25, 0.3) is 21.5 Å². The lowest BCUT2D eigenvalue weighted by Crippen LogP contribution is -2.11. The number of hydrogen-bond donors (Lipinski definition) is 1. The van der Waals surface area contributed by atoms with Gasteiger partial charge in [-0.1, -0.05) is 46.5 Å². The average molecular weight is 845 g/mol. The number of methoxy groups -OCH3 is 6. The molecule has 0 aliphatic heterocycles. The highest BCUT2D eigenvalue weighted by Gasteiger charge is 2.24. The van der Waals surface area contributed by atoms with Gasteiger partial charge in [0.25, 0.3) is 0 Å². The number of carboxylic acid groups (broad SMARTS) is 1. The summed E-state index contributed by atoms with van der Waals surface area (Å²) in [6.07, 6.45) is 2.52. The number of pyridine rings is 2. The summed E-state index contributed by atoms with van der Waals surface area (Å²) in [5, 5.41) is 11.1. The Bertz CT molecular complexity index is 2470. The first kappa shape index (κ1) is 51.1. The van der Waals surface area contributed by atoms with Crippen LogP contribution >= 0.6 is 13.5 Å². The van der Waals surface area contributed by atoms with Crippen molar-refractivity contribution in [2.45, 2.75) is 29.2 Å². The third-order valence-electron chi connectivity index (χ3n) is 8.60. The Balaban J connectivity index is 0.000000564. The van der Waals surface area contributed by atoms with Crippen molar-refractivity contribution in [3.63, 3.8) is 0 Å². The zero-order chi connectivity index (χ0) is 40.5. The summed E-state index contributed by atoms with van der Waals surface area (Å²) in [7, 11) is 8.95. The van der Waals surface area contributed by atoms with Crippen LogP contribution < -0.4 is 28.4 Å². The zero-order valence-electron chi connectivity index (χ0n) is 32.1. The fraction of sp³-hybridized carbons (Fsp3) is 0.244. The molecule has 0 aliphatic rings. The van der Waals surface area contributed by atoms with E-state index < -0.39 is 11.9 Å². The van der Waals surface area contributed by atoms with Gasteiger partial charge in [0.05, 0.1) is 60.4 Å². The summed E-state index contributed by atoms with van der Waals surface area (Å²) < 4.78 is 36.8. The van der Waals surface area contributed by atoms with Gasteiger partial charge in [-0.05, 0) is 55.5 Å². The molecule has 0 saturated heterocycles. The van der Waals surface area contributed by atoms with E-state index in [1.165, 1.54) is 61.1 Å². The second kappa shape index (κ2) is 22.9. The molecule has 15 heteroatoms. The summed E-state index contributed by atoms with van der Waals surface area (Å²) in [6, 6.07) is 19.8. The second-order valence-corrected chi connectivity index (χ2v) is 11.7. The smallest absolute Gasteiger partial charge is 0.340 e. The number of benzene rings is 4. The Morgan fingerprint density at radius 3 is 1.25 bits per heavy atom. The van der Waals surface area contributed by atoms with Gasteiger partial charge in [-0.3, -0.25) is 19.6 Å². The molecule has 0 fully saturated rings. The zero-order valence-corrected chi connectivity index (χ0v) is 33.1. The summed E-state index contributed by atoms with van der Waals surface area (Å²) in [5.74, 6) is 0.318. The molecular weight excluding hydrogens is 793 g/mol. The summed E-state index contributed by atoms with van der Waals surface area (Å²) >= 11 is 0. The van der Waals surface area contributed by atoms with Gasteiger partial charge < -0.3 is 38.3 Å². The molecule has 6 rings (SSSR count). The third kappa shape index (κ3) is 10.6. The van der Waals surface area contributed by atoms with Crippen molar-refractivity contribution in [1.29, 1.82) is 0 Å². The van der Waals surface area contributed by atoms with Crippen LogP contribution in [0.5, 0.6) is 34.5 Å². The van der Waals surface area contributed by atoms with Gasteiger partial charge >= 0.3 is 11.9 Å².